The number of nitrogens with one attached hydrogen (secondary N) is 1. The van der Waals surface area contributed by atoms with Crippen LogP contribution in [0.15, 0.2) is 52.3 Å². The van der Waals surface area contributed by atoms with E-state index in [1.54, 1.807) is 30.3 Å². The molecule has 4 rings (SSSR count). The number of rotatable bonds is 6. The standard InChI is InChI=1S/C27H32N2O5S2/c1-17-18(2)20(4)27(21(5)19(17)3)35(30,31)28-23-9-14-26-22(16-23)8-7-15-29(26)36(32,33)25-12-10-24(34-6)11-13-25/h9-14,16,28H,7-8,15H2,1-6H3. The zero-order valence-electron chi connectivity index (χ0n) is 21.5. The van der Waals surface area contributed by atoms with E-state index in [-0.39, 0.29) is 4.90 Å². The maximum Gasteiger partial charge on any atom is 0.264 e. The summed E-state index contributed by atoms with van der Waals surface area (Å²) in [6.45, 7) is 9.90. The number of methoxy groups -OCH3 is 1. The van der Waals surface area contributed by atoms with Gasteiger partial charge in [-0.3, -0.25) is 9.03 Å². The number of benzene rings is 3. The third-order valence-electron chi connectivity index (χ3n) is 7.26. The van der Waals surface area contributed by atoms with Crippen LogP contribution >= 0.6 is 0 Å². The van der Waals surface area contributed by atoms with Gasteiger partial charge in [-0.1, -0.05) is 0 Å². The summed E-state index contributed by atoms with van der Waals surface area (Å²) in [5.74, 6) is 0.578. The van der Waals surface area contributed by atoms with Crippen LogP contribution in [-0.2, 0) is 26.5 Å². The average molecular weight is 529 g/mol. The van der Waals surface area contributed by atoms with Crippen LogP contribution in [0.3, 0.4) is 0 Å². The molecule has 1 aliphatic rings. The van der Waals surface area contributed by atoms with Crippen LogP contribution in [0, 0.1) is 34.6 Å². The highest BCUT2D eigenvalue weighted by atomic mass is 32.2. The Balaban J connectivity index is 1.69. The number of anilines is 2. The lowest BCUT2D eigenvalue weighted by molar-refractivity contribution is 0.414. The zero-order chi connectivity index (χ0) is 26.4. The molecule has 1 aliphatic heterocycles. The van der Waals surface area contributed by atoms with E-state index >= 15 is 0 Å². The summed E-state index contributed by atoms with van der Waals surface area (Å²) in [5, 5.41) is 0. The van der Waals surface area contributed by atoms with E-state index in [9.17, 15) is 16.8 Å². The van der Waals surface area contributed by atoms with E-state index in [2.05, 4.69) is 4.72 Å². The molecule has 0 atom stereocenters. The lowest BCUT2D eigenvalue weighted by atomic mass is 9.95. The van der Waals surface area contributed by atoms with Crippen molar-refractivity contribution in [1.82, 2.24) is 0 Å². The smallest absolute Gasteiger partial charge is 0.264 e. The van der Waals surface area contributed by atoms with Crippen LogP contribution in [0.4, 0.5) is 11.4 Å². The molecular weight excluding hydrogens is 496 g/mol. The second-order valence-electron chi connectivity index (χ2n) is 9.26. The molecule has 3 aromatic rings. The fourth-order valence-corrected chi connectivity index (χ4v) is 8.02. The molecule has 1 N–H and O–H groups in total. The predicted molar refractivity (Wildman–Crippen MR) is 143 cm³/mol. The zero-order valence-corrected chi connectivity index (χ0v) is 23.1. The van der Waals surface area contributed by atoms with E-state index in [0.29, 0.717) is 41.4 Å². The van der Waals surface area contributed by atoms with Gasteiger partial charge in [-0.05, 0) is 123 Å². The number of hydrogen-bond acceptors (Lipinski definition) is 5. The van der Waals surface area contributed by atoms with Gasteiger partial charge in [0.05, 0.1) is 22.6 Å². The molecule has 7 nitrogen and oxygen atoms in total. The fraction of sp³-hybridized carbons (Fsp3) is 0.333. The van der Waals surface area contributed by atoms with E-state index < -0.39 is 20.0 Å². The second-order valence-corrected chi connectivity index (χ2v) is 12.7. The third-order valence-corrected chi connectivity index (χ3v) is 10.7. The van der Waals surface area contributed by atoms with Gasteiger partial charge in [0.1, 0.15) is 5.75 Å². The Morgan fingerprint density at radius 1 is 0.806 bits per heavy atom. The first-order valence-corrected chi connectivity index (χ1v) is 14.7. The number of aryl methyl sites for hydroxylation is 1. The molecule has 0 saturated carbocycles. The minimum Gasteiger partial charge on any atom is -0.497 e. The summed E-state index contributed by atoms with van der Waals surface area (Å²) in [4.78, 5) is 0.474. The van der Waals surface area contributed by atoms with E-state index in [1.165, 1.54) is 23.5 Å². The Morgan fingerprint density at radius 2 is 1.39 bits per heavy atom. The molecule has 0 bridgehead atoms. The number of hydrogen-bond donors (Lipinski definition) is 1. The summed E-state index contributed by atoms with van der Waals surface area (Å²) in [6.07, 6.45) is 1.29. The Bertz CT molecular complexity index is 1510. The molecule has 3 aromatic carbocycles. The minimum absolute atomic E-state index is 0.178. The molecule has 0 saturated heterocycles. The first-order valence-electron chi connectivity index (χ1n) is 11.8. The number of sulfonamides is 2. The molecule has 0 aromatic heterocycles. The van der Waals surface area contributed by atoms with Crippen molar-refractivity contribution in [3.63, 3.8) is 0 Å². The largest absolute Gasteiger partial charge is 0.497 e. The topological polar surface area (TPSA) is 92.8 Å². The lowest BCUT2D eigenvalue weighted by Crippen LogP contribution is -2.35. The van der Waals surface area contributed by atoms with Crippen molar-refractivity contribution < 1.29 is 21.6 Å². The Hall–Kier alpha value is -3.04. The molecule has 0 radical (unpaired) electrons. The van der Waals surface area contributed by atoms with Gasteiger partial charge < -0.3 is 4.74 Å². The second kappa shape index (κ2) is 9.44. The SMILES string of the molecule is COc1ccc(S(=O)(=O)N2CCCc3cc(NS(=O)(=O)c4c(C)c(C)c(C)c(C)c4C)ccc32)cc1. The van der Waals surface area contributed by atoms with Crippen LogP contribution in [0.1, 0.15) is 39.8 Å². The molecule has 36 heavy (non-hydrogen) atoms. The molecular formula is C27H32N2O5S2. The number of fused-ring (bicyclic) bond motifs is 1. The van der Waals surface area contributed by atoms with Crippen LogP contribution in [-0.4, -0.2) is 30.5 Å². The van der Waals surface area contributed by atoms with Crippen molar-refractivity contribution in [2.75, 3.05) is 22.7 Å². The van der Waals surface area contributed by atoms with Crippen LogP contribution in [0.2, 0.25) is 0 Å². The number of nitrogens with zero attached hydrogens (tertiary/aromatic N) is 1. The maximum atomic E-state index is 13.5. The quantitative estimate of drug-likeness (QED) is 0.476. The van der Waals surface area contributed by atoms with Crippen molar-refractivity contribution in [3.8, 4) is 5.75 Å². The summed E-state index contributed by atoms with van der Waals surface area (Å²) < 4.78 is 63.0. The van der Waals surface area contributed by atoms with Crippen LogP contribution < -0.4 is 13.8 Å². The average Bonchev–Trinajstić information content (AvgIpc) is 2.85. The molecule has 1 heterocycles. The van der Waals surface area contributed by atoms with E-state index in [4.69, 9.17) is 4.74 Å². The minimum atomic E-state index is -3.85. The Labute approximate surface area is 214 Å². The molecule has 0 unspecified atom stereocenters. The first kappa shape index (κ1) is 26.0. The molecule has 0 aliphatic carbocycles. The highest BCUT2D eigenvalue weighted by molar-refractivity contribution is 7.93. The van der Waals surface area contributed by atoms with Crippen molar-refractivity contribution >= 4 is 31.4 Å². The maximum absolute atomic E-state index is 13.5. The fourth-order valence-electron chi connectivity index (χ4n) is 4.83. The Kier molecular flexibility index (Phi) is 6.83. The summed E-state index contributed by atoms with van der Waals surface area (Å²) in [6, 6.07) is 11.3. The van der Waals surface area contributed by atoms with Crippen LogP contribution in [0.5, 0.6) is 5.75 Å². The van der Waals surface area contributed by atoms with Crippen molar-refractivity contribution in [1.29, 1.82) is 0 Å². The van der Waals surface area contributed by atoms with Crippen molar-refractivity contribution in [2.45, 2.75) is 57.3 Å². The molecule has 0 spiro atoms. The summed E-state index contributed by atoms with van der Waals surface area (Å²) >= 11 is 0. The monoisotopic (exact) mass is 528 g/mol. The molecule has 0 amide bonds. The highest BCUT2D eigenvalue weighted by Crippen LogP contribution is 2.36. The highest BCUT2D eigenvalue weighted by Gasteiger charge is 2.30. The van der Waals surface area contributed by atoms with Gasteiger partial charge in [-0.2, -0.15) is 0 Å². The first-order chi connectivity index (χ1) is 16.9. The molecule has 192 valence electrons. The van der Waals surface area contributed by atoms with Gasteiger partial charge in [-0.25, -0.2) is 16.8 Å². The van der Waals surface area contributed by atoms with E-state index in [0.717, 1.165) is 33.4 Å². The van der Waals surface area contributed by atoms with E-state index in [1.807, 2.05) is 34.6 Å². The van der Waals surface area contributed by atoms with Crippen molar-refractivity contribution in [3.05, 3.63) is 75.8 Å². The van der Waals surface area contributed by atoms with Gasteiger partial charge in [0.15, 0.2) is 0 Å². The number of ether oxygens (including phenoxy) is 1. The Morgan fingerprint density at radius 3 is 1.97 bits per heavy atom. The normalized spacial score (nSPS) is 13.9. The van der Waals surface area contributed by atoms with Crippen molar-refractivity contribution in [2.24, 2.45) is 0 Å². The third kappa shape index (κ3) is 4.46. The molecule has 0 fully saturated rings. The summed E-state index contributed by atoms with van der Waals surface area (Å²) in [7, 11) is -6.10. The van der Waals surface area contributed by atoms with Gasteiger partial charge in [0, 0.05) is 12.2 Å². The van der Waals surface area contributed by atoms with Gasteiger partial charge in [0.2, 0.25) is 0 Å². The molecule has 9 heteroatoms. The summed E-state index contributed by atoms with van der Waals surface area (Å²) in [5.41, 5.74) is 6.24. The lowest BCUT2D eigenvalue weighted by Gasteiger charge is -2.31. The predicted octanol–water partition coefficient (Wildman–Crippen LogP) is 5.18. The van der Waals surface area contributed by atoms with Gasteiger partial charge >= 0.3 is 0 Å². The van der Waals surface area contributed by atoms with Crippen LogP contribution in [0.25, 0.3) is 0 Å². The van der Waals surface area contributed by atoms with Gasteiger partial charge in [0.25, 0.3) is 20.0 Å². The van der Waals surface area contributed by atoms with Gasteiger partial charge in [-0.15, -0.1) is 0 Å².